The van der Waals surface area contributed by atoms with Crippen molar-refractivity contribution in [2.75, 3.05) is 14.2 Å². The zero-order valence-corrected chi connectivity index (χ0v) is 18.6. The molecule has 0 aromatic heterocycles. The number of carbonyl (C=O) groups is 1. The molecule has 3 aromatic rings. The zero-order valence-electron chi connectivity index (χ0n) is 18.6. The largest absolute Gasteiger partial charge is 0.493 e. The highest BCUT2D eigenvalue weighted by atomic mass is 16.6. The molecule has 8 heteroatoms. The highest BCUT2D eigenvalue weighted by Crippen LogP contribution is 2.42. The highest BCUT2D eigenvalue weighted by molar-refractivity contribution is 5.93. The summed E-state index contributed by atoms with van der Waals surface area (Å²) in [5.41, 5.74) is 6.44. The molecule has 0 aliphatic carbocycles. The smallest absolute Gasteiger partial charge is 0.269 e. The highest BCUT2D eigenvalue weighted by Gasteiger charge is 2.36. The molecule has 1 heterocycles. The van der Waals surface area contributed by atoms with Crippen LogP contribution < -0.4 is 14.9 Å². The van der Waals surface area contributed by atoms with Crippen molar-refractivity contribution in [2.45, 2.75) is 25.4 Å². The first-order valence-corrected chi connectivity index (χ1v) is 10.6. The number of nitrogens with zero attached hydrogens (tertiary/aromatic N) is 2. The van der Waals surface area contributed by atoms with Crippen molar-refractivity contribution in [3.05, 3.63) is 99.1 Å². The molecule has 3 aromatic carbocycles. The quantitative estimate of drug-likeness (QED) is 0.447. The van der Waals surface area contributed by atoms with Crippen LogP contribution in [0.3, 0.4) is 0 Å². The number of hydrazine groups is 1. The van der Waals surface area contributed by atoms with E-state index in [1.165, 1.54) is 12.1 Å². The molecule has 0 saturated carbocycles. The maximum Gasteiger partial charge on any atom is 0.269 e. The topological polar surface area (TPSA) is 93.9 Å². The van der Waals surface area contributed by atoms with Gasteiger partial charge in [-0.05, 0) is 54.3 Å². The van der Waals surface area contributed by atoms with Crippen molar-refractivity contribution in [3.63, 3.8) is 0 Å². The van der Waals surface area contributed by atoms with Gasteiger partial charge >= 0.3 is 0 Å². The predicted molar refractivity (Wildman–Crippen MR) is 123 cm³/mol. The van der Waals surface area contributed by atoms with Crippen LogP contribution in [0, 0.1) is 10.1 Å². The van der Waals surface area contributed by atoms with E-state index in [0.29, 0.717) is 23.5 Å². The van der Waals surface area contributed by atoms with Crippen molar-refractivity contribution in [3.8, 4) is 11.5 Å². The average Bonchev–Trinajstić information content (AvgIpc) is 2.84. The second-order valence-corrected chi connectivity index (χ2v) is 7.92. The summed E-state index contributed by atoms with van der Waals surface area (Å²) in [5.74, 6) is 0.984. The van der Waals surface area contributed by atoms with Gasteiger partial charge in [-0.2, -0.15) is 0 Å². The van der Waals surface area contributed by atoms with Gasteiger partial charge < -0.3 is 9.47 Å². The van der Waals surface area contributed by atoms with Gasteiger partial charge in [0.2, 0.25) is 0 Å². The number of ether oxygens (including phenoxy) is 2. The van der Waals surface area contributed by atoms with Crippen LogP contribution in [0.25, 0.3) is 0 Å². The third kappa shape index (κ3) is 4.38. The Morgan fingerprint density at radius 1 is 1.03 bits per heavy atom. The number of rotatable bonds is 6. The first-order valence-electron chi connectivity index (χ1n) is 10.6. The van der Waals surface area contributed by atoms with Gasteiger partial charge in [-0.25, -0.2) is 5.01 Å². The summed E-state index contributed by atoms with van der Waals surface area (Å²) >= 11 is 0. The molecular formula is C25H25N3O5. The van der Waals surface area contributed by atoms with E-state index in [1.807, 2.05) is 42.3 Å². The van der Waals surface area contributed by atoms with Crippen molar-refractivity contribution in [1.29, 1.82) is 0 Å². The molecule has 1 aliphatic heterocycles. The van der Waals surface area contributed by atoms with Crippen LogP contribution in [-0.2, 0) is 6.42 Å². The second-order valence-electron chi connectivity index (χ2n) is 7.92. The summed E-state index contributed by atoms with van der Waals surface area (Å²) in [7, 11) is 3.17. The summed E-state index contributed by atoms with van der Waals surface area (Å²) in [6, 6.07) is 18.8. The number of fused-ring (bicyclic) bond motifs is 1. The monoisotopic (exact) mass is 447 g/mol. The number of carbonyl (C=O) groups excluding carboxylic acids is 1. The third-order valence-electron chi connectivity index (χ3n) is 5.89. The van der Waals surface area contributed by atoms with Crippen LogP contribution in [0.15, 0.2) is 66.7 Å². The number of nitro groups is 1. The molecule has 2 atom stereocenters. The molecule has 1 aliphatic rings. The summed E-state index contributed by atoms with van der Waals surface area (Å²) < 4.78 is 11.0. The summed E-state index contributed by atoms with van der Waals surface area (Å²) in [6.07, 6.45) is 0.675. The third-order valence-corrected chi connectivity index (χ3v) is 5.89. The molecule has 0 fully saturated rings. The molecule has 4 rings (SSSR count). The van der Waals surface area contributed by atoms with E-state index in [2.05, 4.69) is 5.43 Å². The zero-order chi connectivity index (χ0) is 23.5. The molecular weight excluding hydrogens is 422 g/mol. The molecule has 2 unspecified atom stereocenters. The lowest BCUT2D eigenvalue weighted by atomic mass is 9.85. The minimum absolute atomic E-state index is 0.00927. The van der Waals surface area contributed by atoms with Crippen LogP contribution in [0.1, 0.15) is 40.0 Å². The van der Waals surface area contributed by atoms with Crippen molar-refractivity contribution in [2.24, 2.45) is 0 Å². The summed E-state index contributed by atoms with van der Waals surface area (Å²) in [6.45, 7) is 2.03. The lowest BCUT2D eigenvalue weighted by Gasteiger charge is -2.42. The van der Waals surface area contributed by atoms with Crippen LogP contribution >= 0.6 is 0 Å². The van der Waals surface area contributed by atoms with Gasteiger partial charge in [0, 0.05) is 23.7 Å². The fourth-order valence-electron chi connectivity index (χ4n) is 4.25. The average molecular weight is 447 g/mol. The number of amides is 1. The van der Waals surface area contributed by atoms with Gasteiger partial charge in [0.25, 0.3) is 11.6 Å². The summed E-state index contributed by atoms with van der Waals surface area (Å²) in [4.78, 5) is 23.8. The number of nitrogens with one attached hydrogen (secondary N) is 1. The lowest BCUT2D eigenvalue weighted by molar-refractivity contribution is -0.384. The van der Waals surface area contributed by atoms with E-state index in [0.717, 1.165) is 16.7 Å². The lowest BCUT2D eigenvalue weighted by Crippen LogP contribution is -2.52. The number of benzene rings is 3. The van der Waals surface area contributed by atoms with Gasteiger partial charge in [0.1, 0.15) is 0 Å². The standard InChI is InChI=1S/C25H25N3O5/c1-16-13-19-14-22(32-2)23(33-3)15-21(19)24(17-9-11-20(12-10-17)28(30)31)27(16)26-25(29)18-7-5-4-6-8-18/h4-12,14-16,24H,13H2,1-3H3,(H,26,29). The van der Waals surface area contributed by atoms with E-state index in [9.17, 15) is 14.9 Å². The Morgan fingerprint density at radius 2 is 1.67 bits per heavy atom. The van der Waals surface area contributed by atoms with E-state index < -0.39 is 4.92 Å². The van der Waals surface area contributed by atoms with Gasteiger partial charge in [-0.1, -0.05) is 30.3 Å². The number of methoxy groups -OCH3 is 2. The minimum Gasteiger partial charge on any atom is -0.493 e. The molecule has 1 N–H and O–H groups in total. The summed E-state index contributed by atoms with van der Waals surface area (Å²) in [5, 5.41) is 13.1. The maximum absolute atomic E-state index is 13.0. The maximum atomic E-state index is 13.0. The Balaban J connectivity index is 1.81. The Bertz CT molecular complexity index is 1160. The Kier molecular flexibility index (Phi) is 6.28. The SMILES string of the molecule is COc1cc2c(cc1OC)C(c1ccc([N+](=O)[O-])cc1)N(NC(=O)c1ccccc1)C(C)C2. The Labute approximate surface area is 191 Å². The van der Waals surface area contributed by atoms with Gasteiger partial charge in [-0.15, -0.1) is 0 Å². The van der Waals surface area contributed by atoms with E-state index in [-0.39, 0.29) is 23.7 Å². The number of nitro benzene ring substituents is 1. The van der Waals surface area contributed by atoms with E-state index in [1.54, 1.807) is 38.5 Å². The molecule has 0 saturated heterocycles. The van der Waals surface area contributed by atoms with E-state index in [4.69, 9.17) is 9.47 Å². The minimum atomic E-state index is -0.427. The fourth-order valence-corrected chi connectivity index (χ4v) is 4.25. The first-order chi connectivity index (χ1) is 15.9. The molecule has 0 spiro atoms. The van der Waals surface area contributed by atoms with Crippen LogP contribution in [0.4, 0.5) is 5.69 Å². The molecule has 8 nitrogen and oxygen atoms in total. The Hall–Kier alpha value is -3.91. The number of hydrogen-bond acceptors (Lipinski definition) is 6. The van der Waals surface area contributed by atoms with Crippen LogP contribution in [0.5, 0.6) is 11.5 Å². The first kappa shape index (κ1) is 22.3. The Morgan fingerprint density at radius 3 is 2.27 bits per heavy atom. The molecule has 33 heavy (non-hydrogen) atoms. The van der Waals surface area contributed by atoms with Crippen LogP contribution in [0.2, 0.25) is 0 Å². The van der Waals surface area contributed by atoms with Gasteiger partial charge in [0.05, 0.1) is 25.2 Å². The van der Waals surface area contributed by atoms with Crippen LogP contribution in [-0.4, -0.2) is 36.1 Å². The van der Waals surface area contributed by atoms with Gasteiger partial charge in [0.15, 0.2) is 11.5 Å². The predicted octanol–water partition coefficient (Wildman–Crippen LogP) is 4.29. The number of non-ortho nitro benzene ring substituents is 1. The van der Waals surface area contributed by atoms with Gasteiger partial charge in [-0.3, -0.25) is 20.3 Å². The molecule has 0 radical (unpaired) electrons. The second kappa shape index (κ2) is 9.30. The van der Waals surface area contributed by atoms with Crippen molar-refractivity contribution in [1.82, 2.24) is 10.4 Å². The number of hydrogen-bond donors (Lipinski definition) is 1. The molecule has 170 valence electrons. The van der Waals surface area contributed by atoms with E-state index >= 15 is 0 Å². The molecule has 0 bridgehead atoms. The van der Waals surface area contributed by atoms with Crippen molar-refractivity contribution < 1.29 is 19.2 Å². The molecule has 1 amide bonds. The fraction of sp³-hybridized carbons (Fsp3) is 0.240. The van der Waals surface area contributed by atoms with Crippen molar-refractivity contribution >= 4 is 11.6 Å². The normalized spacial score (nSPS) is 17.7.